The van der Waals surface area contributed by atoms with Gasteiger partial charge in [-0.1, -0.05) is 12.8 Å². The van der Waals surface area contributed by atoms with Crippen LogP contribution in [0.3, 0.4) is 0 Å². The van der Waals surface area contributed by atoms with Gasteiger partial charge < -0.3 is 14.9 Å². The normalized spacial score (nSPS) is 20.2. The maximum absolute atomic E-state index is 12.4. The Balaban J connectivity index is 2.04. The molecule has 1 saturated heterocycles. The molecule has 0 aromatic heterocycles. The zero-order chi connectivity index (χ0) is 17.9. The second kappa shape index (κ2) is 7.19. The smallest absolute Gasteiger partial charge is 0.408 e. The van der Waals surface area contributed by atoms with Crippen LogP contribution in [0.25, 0.3) is 0 Å². The Bertz CT molecular complexity index is 517. The molecule has 2 rings (SSSR count). The minimum Gasteiger partial charge on any atom is -0.444 e. The average Bonchev–Trinajstić information content (AvgIpc) is 3.08. The van der Waals surface area contributed by atoms with Crippen LogP contribution >= 0.6 is 0 Å². The molecule has 24 heavy (non-hydrogen) atoms. The molecule has 3 amide bonds. The molecule has 0 spiro atoms. The van der Waals surface area contributed by atoms with Gasteiger partial charge in [0.1, 0.15) is 11.6 Å². The first-order valence-corrected chi connectivity index (χ1v) is 8.24. The highest BCUT2D eigenvalue weighted by Gasteiger charge is 2.39. The molecule has 1 saturated carbocycles. The van der Waals surface area contributed by atoms with Gasteiger partial charge in [-0.15, -0.1) is 5.06 Å². The van der Waals surface area contributed by atoms with E-state index in [1.54, 1.807) is 20.8 Å². The van der Waals surface area contributed by atoms with Crippen LogP contribution in [0.1, 0.15) is 59.3 Å². The zero-order valence-electron chi connectivity index (χ0n) is 14.3. The minimum absolute atomic E-state index is 0.0275. The fourth-order valence-electron chi connectivity index (χ4n) is 2.90. The number of hydrogen-bond acceptors (Lipinski definition) is 6. The van der Waals surface area contributed by atoms with Gasteiger partial charge in [-0.25, -0.2) is 9.59 Å². The van der Waals surface area contributed by atoms with Gasteiger partial charge in [0.25, 0.3) is 11.8 Å². The Kier molecular flexibility index (Phi) is 5.46. The maximum atomic E-state index is 12.4. The molecule has 0 unspecified atom stereocenters. The molecule has 1 aliphatic heterocycles. The highest BCUT2D eigenvalue weighted by molar-refractivity contribution is 6.01. The van der Waals surface area contributed by atoms with Gasteiger partial charge in [0, 0.05) is 12.8 Å². The standard InChI is InChI=1S/C16H24N2O6/c1-16(2,3)23-15(22)17-13(10-6-4-5-7-10)14(21)24-18-11(19)8-9-12(18)20/h10,13H,4-9H2,1-3H3,(H,17,22)/t13-/m0/s1. The summed E-state index contributed by atoms with van der Waals surface area (Å²) in [6.07, 6.45) is 2.75. The summed E-state index contributed by atoms with van der Waals surface area (Å²) in [6, 6.07) is -0.941. The van der Waals surface area contributed by atoms with Crippen molar-refractivity contribution in [1.29, 1.82) is 0 Å². The molecule has 0 bridgehead atoms. The molecule has 8 nitrogen and oxygen atoms in total. The Morgan fingerprint density at radius 3 is 2.17 bits per heavy atom. The van der Waals surface area contributed by atoms with E-state index in [1.807, 2.05) is 0 Å². The molecular weight excluding hydrogens is 316 g/mol. The van der Waals surface area contributed by atoms with E-state index in [0.29, 0.717) is 5.06 Å². The van der Waals surface area contributed by atoms with E-state index in [1.165, 1.54) is 0 Å². The molecule has 1 N–H and O–H groups in total. The summed E-state index contributed by atoms with van der Waals surface area (Å²) in [4.78, 5) is 52.6. The van der Waals surface area contributed by atoms with Crippen LogP contribution in [0.2, 0.25) is 0 Å². The highest BCUT2D eigenvalue weighted by Crippen LogP contribution is 2.29. The van der Waals surface area contributed by atoms with Crippen LogP contribution in [-0.2, 0) is 24.0 Å². The van der Waals surface area contributed by atoms with Gasteiger partial charge in [-0.05, 0) is 39.5 Å². The first-order chi connectivity index (χ1) is 11.2. The van der Waals surface area contributed by atoms with Crippen molar-refractivity contribution < 1.29 is 28.8 Å². The van der Waals surface area contributed by atoms with Crippen molar-refractivity contribution in [3.8, 4) is 0 Å². The lowest BCUT2D eigenvalue weighted by molar-refractivity contribution is -0.199. The Hall–Kier alpha value is -2.12. The first kappa shape index (κ1) is 18.2. The van der Waals surface area contributed by atoms with Crippen LogP contribution in [0.5, 0.6) is 0 Å². The molecule has 1 aliphatic carbocycles. The number of nitrogens with zero attached hydrogens (tertiary/aromatic N) is 1. The summed E-state index contributed by atoms with van der Waals surface area (Å²) in [7, 11) is 0. The van der Waals surface area contributed by atoms with Gasteiger partial charge in [-0.3, -0.25) is 9.59 Å². The summed E-state index contributed by atoms with van der Waals surface area (Å²) in [5.74, 6) is -2.00. The molecule has 2 fully saturated rings. The molecule has 1 atom stereocenters. The van der Waals surface area contributed by atoms with Gasteiger partial charge in [0.2, 0.25) is 0 Å². The molecular formula is C16H24N2O6. The molecule has 1 heterocycles. The topological polar surface area (TPSA) is 102 Å². The number of rotatable bonds is 4. The second-order valence-electron chi connectivity index (χ2n) is 7.16. The van der Waals surface area contributed by atoms with Crippen molar-refractivity contribution in [2.24, 2.45) is 5.92 Å². The quantitative estimate of drug-likeness (QED) is 0.781. The first-order valence-electron chi connectivity index (χ1n) is 8.24. The number of carbonyl (C=O) groups excluding carboxylic acids is 4. The largest absolute Gasteiger partial charge is 0.444 e. The number of ether oxygens (including phenoxy) is 1. The minimum atomic E-state index is -0.941. The highest BCUT2D eigenvalue weighted by atomic mass is 16.7. The van der Waals surface area contributed by atoms with E-state index >= 15 is 0 Å². The molecule has 8 heteroatoms. The lowest BCUT2D eigenvalue weighted by Gasteiger charge is -2.26. The van der Waals surface area contributed by atoms with Gasteiger partial charge in [0.05, 0.1) is 0 Å². The third kappa shape index (κ3) is 4.69. The zero-order valence-corrected chi connectivity index (χ0v) is 14.3. The van der Waals surface area contributed by atoms with E-state index in [0.717, 1.165) is 25.7 Å². The number of carbonyl (C=O) groups is 4. The second-order valence-corrected chi connectivity index (χ2v) is 7.16. The lowest BCUT2D eigenvalue weighted by atomic mass is 9.98. The summed E-state index contributed by atoms with van der Waals surface area (Å²) in [5.41, 5.74) is -0.699. The van der Waals surface area contributed by atoms with Crippen molar-refractivity contribution in [3.05, 3.63) is 0 Å². The van der Waals surface area contributed by atoms with Crippen molar-refractivity contribution in [2.45, 2.75) is 70.9 Å². The van der Waals surface area contributed by atoms with Gasteiger partial charge in [-0.2, -0.15) is 0 Å². The molecule has 134 valence electrons. The number of nitrogens with one attached hydrogen (secondary N) is 1. The van der Waals surface area contributed by atoms with E-state index in [4.69, 9.17) is 9.57 Å². The number of imide groups is 1. The average molecular weight is 340 g/mol. The predicted molar refractivity (Wildman–Crippen MR) is 82.3 cm³/mol. The Labute approximate surface area is 140 Å². The fraction of sp³-hybridized carbons (Fsp3) is 0.750. The third-order valence-corrected chi connectivity index (χ3v) is 3.98. The summed E-state index contributed by atoms with van der Waals surface area (Å²) < 4.78 is 5.18. The summed E-state index contributed by atoms with van der Waals surface area (Å²) in [6.45, 7) is 5.16. The van der Waals surface area contributed by atoms with Crippen molar-refractivity contribution >= 4 is 23.9 Å². The molecule has 2 aliphatic rings. The van der Waals surface area contributed by atoms with E-state index in [9.17, 15) is 19.2 Å². The van der Waals surface area contributed by atoms with Crippen molar-refractivity contribution in [3.63, 3.8) is 0 Å². The van der Waals surface area contributed by atoms with Crippen molar-refractivity contribution in [1.82, 2.24) is 10.4 Å². The SMILES string of the molecule is CC(C)(C)OC(=O)N[C@H](C(=O)ON1C(=O)CCC1=O)C1CCCC1. The monoisotopic (exact) mass is 340 g/mol. The number of amides is 3. The molecule has 0 radical (unpaired) electrons. The van der Waals surface area contributed by atoms with E-state index in [2.05, 4.69) is 5.32 Å². The van der Waals surface area contributed by atoms with Crippen LogP contribution in [0, 0.1) is 5.92 Å². The molecule has 0 aromatic carbocycles. The maximum Gasteiger partial charge on any atom is 0.408 e. The van der Waals surface area contributed by atoms with E-state index in [-0.39, 0.29) is 18.8 Å². The van der Waals surface area contributed by atoms with Crippen LogP contribution < -0.4 is 5.32 Å². The predicted octanol–water partition coefficient (Wildman–Crippen LogP) is 1.68. The Morgan fingerprint density at radius 2 is 1.67 bits per heavy atom. The molecule has 0 aromatic rings. The van der Waals surface area contributed by atoms with Crippen LogP contribution in [-0.4, -0.2) is 40.6 Å². The van der Waals surface area contributed by atoms with Gasteiger partial charge >= 0.3 is 12.1 Å². The number of hydrogen-bond donors (Lipinski definition) is 1. The Morgan fingerprint density at radius 1 is 1.12 bits per heavy atom. The fourth-order valence-corrected chi connectivity index (χ4v) is 2.90. The summed E-state index contributed by atoms with van der Waals surface area (Å²) in [5, 5.41) is 3.03. The summed E-state index contributed by atoms with van der Waals surface area (Å²) >= 11 is 0. The number of alkyl carbamates (subject to hydrolysis) is 1. The van der Waals surface area contributed by atoms with E-state index < -0.39 is 35.5 Å². The van der Waals surface area contributed by atoms with Crippen LogP contribution in [0.15, 0.2) is 0 Å². The van der Waals surface area contributed by atoms with Gasteiger partial charge in [0.15, 0.2) is 0 Å². The van der Waals surface area contributed by atoms with Crippen molar-refractivity contribution in [2.75, 3.05) is 0 Å². The number of hydroxylamine groups is 2. The van der Waals surface area contributed by atoms with Crippen LogP contribution in [0.4, 0.5) is 4.79 Å². The third-order valence-electron chi connectivity index (χ3n) is 3.98. The lowest BCUT2D eigenvalue weighted by Crippen LogP contribution is -2.50.